The standard InChI is InChI=1S/C21H17BrN4/c22-18-13-11-17(12-14-18)15-25-16-21(23-24-25)26(19-7-3-1-4-8-19)20-9-5-2-6-10-20/h1-14,16H,15H2. The van der Waals surface area contributed by atoms with Crippen molar-refractivity contribution in [1.82, 2.24) is 15.0 Å². The van der Waals surface area contributed by atoms with Crippen LogP contribution < -0.4 is 4.90 Å². The zero-order valence-electron chi connectivity index (χ0n) is 14.0. The average Bonchev–Trinajstić information content (AvgIpc) is 3.13. The molecule has 0 radical (unpaired) electrons. The summed E-state index contributed by atoms with van der Waals surface area (Å²) in [7, 11) is 0. The molecule has 0 fully saturated rings. The Morgan fingerprint density at radius 2 is 1.35 bits per heavy atom. The minimum atomic E-state index is 0.678. The lowest BCUT2D eigenvalue weighted by molar-refractivity contribution is 0.649. The number of aromatic nitrogens is 3. The summed E-state index contributed by atoms with van der Waals surface area (Å²) in [5.74, 6) is 0.791. The van der Waals surface area contributed by atoms with E-state index >= 15 is 0 Å². The third kappa shape index (κ3) is 3.68. The van der Waals surface area contributed by atoms with E-state index in [1.54, 1.807) is 0 Å². The maximum Gasteiger partial charge on any atom is 0.180 e. The predicted octanol–water partition coefficient (Wildman–Crippen LogP) is 5.56. The molecule has 4 rings (SSSR count). The van der Waals surface area contributed by atoms with Crippen LogP contribution in [-0.2, 0) is 6.54 Å². The van der Waals surface area contributed by atoms with Crippen molar-refractivity contribution in [3.05, 3.63) is 101 Å². The highest BCUT2D eigenvalue weighted by Crippen LogP contribution is 2.32. The fourth-order valence-corrected chi connectivity index (χ4v) is 3.08. The molecule has 0 atom stereocenters. The fraction of sp³-hybridized carbons (Fsp3) is 0.0476. The first-order valence-corrected chi connectivity index (χ1v) is 9.14. The van der Waals surface area contributed by atoms with E-state index in [-0.39, 0.29) is 0 Å². The summed E-state index contributed by atoms with van der Waals surface area (Å²) in [6.07, 6.45) is 1.97. The van der Waals surface area contributed by atoms with Gasteiger partial charge in [0.15, 0.2) is 5.82 Å². The zero-order chi connectivity index (χ0) is 17.8. The van der Waals surface area contributed by atoms with Gasteiger partial charge in [-0.05, 0) is 42.0 Å². The van der Waals surface area contributed by atoms with Gasteiger partial charge in [0.05, 0.1) is 12.7 Å². The quantitative estimate of drug-likeness (QED) is 0.436. The van der Waals surface area contributed by atoms with Crippen LogP contribution in [0.25, 0.3) is 0 Å². The van der Waals surface area contributed by atoms with Crippen molar-refractivity contribution in [2.45, 2.75) is 6.54 Å². The molecule has 0 amide bonds. The number of hydrogen-bond donors (Lipinski definition) is 0. The summed E-state index contributed by atoms with van der Waals surface area (Å²) >= 11 is 3.46. The molecule has 0 unspecified atom stereocenters. The number of hydrogen-bond acceptors (Lipinski definition) is 3. The smallest absolute Gasteiger partial charge is 0.180 e. The Kier molecular flexibility index (Phi) is 4.80. The molecule has 3 aromatic carbocycles. The Balaban J connectivity index is 1.67. The molecule has 26 heavy (non-hydrogen) atoms. The van der Waals surface area contributed by atoms with Crippen LogP contribution in [0.15, 0.2) is 95.6 Å². The molecule has 1 heterocycles. The van der Waals surface area contributed by atoms with Crippen LogP contribution in [0.2, 0.25) is 0 Å². The monoisotopic (exact) mass is 404 g/mol. The van der Waals surface area contributed by atoms with Crippen LogP contribution >= 0.6 is 15.9 Å². The Hall–Kier alpha value is -2.92. The second-order valence-corrected chi connectivity index (χ2v) is 6.82. The van der Waals surface area contributed by atoms with Gasteiger partial charge in [0.25, 0.3) is 0 Å². The van der Waals surface area contributed by atoms with Gasteiger partial charge in [0.2, 0.25) is 0 Å². The molecule has 0 saturated carbocycles. The fourth-order valence-electron chi connectivity index (χ4n) is 2.81. The van der Waals surface area contributed by atoms with Crippen molar-refractivity contribution in [3.8, 4) is 0 Å². The maximum atomic E-state index is 4.41. The van der Waals surface area contributed by atoms with Crippen LogP contribution in [0.4, 0.5) is 17.2 Å². The molecule has 0 saturated heterocycles. The molecule has 0 aliphatic heterocycles. The van der Waals surface area contributed by atoms with Gasteiger partial charge in [-0.2, -0.15) is 0 Å². The van der Waals surface area contributed by atoms with Crippen molar-refractivity contribution in [1.29, 1.82) is 0 Å². The molecule has 4 nitrogen and oxygen atoms in total. The first kappa shape index (κ1) is 16.5. The summed E-state index contributed by atoms with van der Waals surface area (Å²) < 4.78 is 2.93. The van der Waals surface area contributed by atoms with Crippen LogP contribution in [0.3, 0.4) is 0 Å². The molecular formula is C21H17BrN4. The van der Waals surface area contributed by atoms with Crippen molar-refractivity contribution < 1.29 is 0 Å². The number of halogens is 1. The molecule has 0 spiro atoms. The Bertz CT molecular complexity index is 926. The van der Waals surface area contributed by atoms with Gasteiger partial charge < -0.3 is 0 Å². The second kappa shape index (κ2) is 7.54. The molecule has 128 valence electrons. The molecule has 0 N–H and O–H groups in total. The van der Waals surface area contributed by atoms with E-state index in [1.165, 1.54) is 5.56 Å². The second-order valence-electron chi connectivity index (χ2n) is 5.91. The lowest BCUT2D eigenvalue weighted by Gasteiger charge is -2.21. The van der Waals surface area contributed by atoms with E-state index in [9.17, 15) is 0 Å². The van der Waals surface area contributed by atoms with Crippen molar-refractivity contribution in [2.24, 2.45) is 0 Å². The Labute approximate surface area is 160 Å². The van der Waals surface area contributed by atoms with Gasteiger partial charge >= 0.3 is 0 Å². The van der Waals surface area contributed by atoms with Gasteiger partial charge in [-0.25, -0.2) is 4.68 Å². The molecule has 5 heteroatoms. The predicted molar refractivity (Wildman–Crippen MR) is 108 cm³/mol. The normalized spacial score (nSPS) is 10.7. The van der Waals surface area contributed by atoms with Gasteiger partial charge in [0.1, 0.15) is 0 Å². The van der Waals surface area contributed by atoms with Crippen LogP contribution in [0.5, 0.6) is 0 Å². The van der Waals surface area contributed by atoms with E-state index in [0.717, 1.165) is 21.7 Å². The summed E-state index contributed by atoms with van der Waals surface area (Å²) in [5.41, 5.74) is 3.28. The minimum absolute atomic E-state index is 0.678. The van der Waals surface area contributed by atoms with Crippen molar-refractivity contribution >= 4 is 33.1 Å². The SMILES string of the molecule is Brc1ccc(Cn2cc(N(c3ccccc3)c3ccccc3)nn2)cc1. The van der Waals surface area contributed by atoms with E-state index < -0.39 is 0 Å². The first-order valence-electron chi connectivity index (χ1n) is 8.34. The summed E-state index contributed by atoms with van der Waals surface area (Å²) in [5, 5.41) is 8.73. The maximum absolute atomic E-state index is 4.41. The number of para-hydroxylation sites is 2. The van der Waals surface area contributed by atoms with E-state index in [2.05, 4.69) is 67.5 Å². The molecule has 4 aromatic rings. The van der Waals surface area contributed by atoms with E-state index in [4.69, 9.17) is 0 Å². The van der Waals surface area contributed by atoms with Gasteiger partial charge in [-0.15, -0.1) is 5.10 Å². The third-order valence-electron chi connectivity index (χ3n) is 4.04. The largest absolute Gasteiger partial charge is 0.292 e. The van der Waals surface area contributed by atoms with Crippen molar-refractivity contribution in [2.75, 3.05) is 4.90 Å². The van der Waals surface area contributed by atoms with Gasteiger partial charge in [-0.1, -0.05) is 69.7 Å². The zero-order valence-corrected chi connectivity index (χ0v) is 15.6. The van der Waals surface area contributed by atoms with Gasteiger partial charge in [0, 0.05) is 15.8 Å². The minimum Gasteiger partial charge on any atom is -0.292 e. The summed E-state index contributed by atoms with van der Waals surface area (Å²) in [4.78, 5) is 2.10. The van der Waals surface area contributed by atoms with Gasteiger partial charge in [-0.3, -0.25) is 4.90 Å². The number of benzene rings is 3. The first-order chi connectivity index (χ1) is 12.8. The third-order valence-corrected chi connectivity index (χ3v) is 4.57. The number of nitrogens with zero attached hydrogens (tertiary/aromatic N) is 4. The van der Waals surface area contributed by atoms with Crippen LogP contribution in [0, 0.1) is 0 Å². The van der Waals surface area contributed by atoms with E-state index in [0.29, 0.717) is 6.54 Å². The average molecular weight is 405 g/mol. The molecular weight excluding hydrogens is 388 g/mol. The van der Waals surface area contributed by atoms with Crippen LogP contribution in [0.1, 0.15) is 5.56 Å². The summed E-state index contributed by atoms with van der Waals surface area (Å²) in [6.45, 7) is 0.678. The Morgan fingerprint density at radius 3 is 1.92 bits per heavy atom. The number of anilines is 3. The molecule has 1 aromatic heterocycles. The van der Waals surface area contributed by atoms with Crippen molar-refractivity contribution in [3.63, 3.8) is 0 Å². The number of rotatable bonds is 5. The van der Waals surface area contributed by atoms with E-state index in [1.807, 2.05) is 59.4 Å². The molecule has 0 aliphatic rings. The summed E-state index contributed by atoms with van der Waals surface area (Å²) in [6, 6.07) is 28.6. The highest BCUT2D eigenvalue weighted by Gasteiger charge is 2.15. The topological polar surface area (TPSA) is 34.0 Å². The highest BCUT2D eigenvalue weighted by molar-refractivity contribution is 9.10. The molecule has 0 bridgehead atoms. The van der Waals surface area contributed by atoms with Crippen LogP contribution in [-0.4, -0.2) is 15.0 Å². The highest BCUT2D eigenvalue weighted by atomic mass is 79.9. The molecule has 0 aliphatic carbocycles. The lowest BCUT2D eigenvalue weighted by atomic mass is 10.2. The Morgan fingerprint density at radius 1 is 0.769 bits per heavy atom. The lowest BCUT2D eigenvalue weighted by Crippen LogP contribution is -2.10.